The third-order valence-electron chi connectivity index (χ3n) is 4.46. The number of ether oxygens (including phenoxy) is 1. The number of carbonyl (C=O) groups excluding carboxylic acids is 1. The molecule has 0 saturated heterocycles. The first kappa shape index (κ1) is 20.5. The van der Waals surface area contributed by atoms with Gasteiger partial charge in [0.05, 0.1) is 21.5 Å². The summed E-state index contributed by atoms with van der Waals surface area (Å²) in [4.78, 5) is 19.9. The van der Waals surface area contributed by atoms with Crippen LogP contribution in [0.1, 0.15) is 32.0 Å². The maximum atomic E-state index is 14.9. The van der Waals surface area contributed by atoms with Gasteiger partial charge in [0, 0.05) is 51.0 Å². The second-order valence-electron chi connectivity index (χ2n) is 7.93. The van der Waals surface area contributed by atoms with Crippen LogP contribution < -0.4 is 9.80 Å². The van der Waals surface area contributed by atoms with Gasteiger partial charge in [-0.1, -0.05) is 0 Å². The number of fused-ring (bicyclic) bond motifs is 3. The van der Waals surface area contributed by atoms with Gasteiger partial charge in [-0.3, -0.25) is 9.88 Å². The minimum absolute atomic E-state index is 0.137. The fraction of sp³-hybridized carbons (Fsp3) is 0.400. The molecule has 1 aromatic heterocycles. The highest BCUT2D eigenvalue weighted by molar-refractivity contribution is 9.10. The van der Waals surface area contributed by atoms with E-state index in [-0.39, 0.29) is 11.3 Å². The molecule has 1 aliphatic rings. The second kappa shape index (κ2) is 6.99. The van der Waals surface area contributed by atoms with Gasteiger partial charge in [-0.15, -0.1) is 0 Å². The molecular formula is C20H22BrF2N3O2. The third kappa shape index (κ3) is 3.45. The SMILES string of the molecule is CN(C)c1c(Br)cnc2c1-c1c(F)c(F)cc(N(C)C(=O)OC(C)(C)C)c1C2. The lowest BCUT2D eigenvalue weighted by molar-refractivity contribution is 0.0589. The molecule has 0 fully saturated rings. The minimum atomic E-state index is -1.03. The first-order chi connectivity index (χ1) is 12.9. The lowest BCUT2D eigenvalue weighted by Gasteiger charge is -2.26. The van der Waals surface area contributed by atoms with Gasteiger partial charge in [0.15, 0.2) is 11.6 Å². The van der Waals surface area contributed by atoms with Gasteiger partial charge in [-0.25, -0.2) is 13.6 Å². The number of anilines is 2. The molecule has 0 unspecified atom stereocenters. The highest BCUT2D eigenvalue weighted by atomic mass is 79.9. The number of rotatable bonds is 2. The van der Waals surface area contributed by atoms with Crippen molar-refractivity contribution in [2.45, 2.75) is 32.8 Å². The van der Waals surface area contributed by atoms with Crippen molar-refractivity contribution in [2.75, 3.05) is 30.9 Å². The topological polar surface area (TPSA) is 45.7 Å². The molecule has 2 aromatic rings. The number of pyridine rings is 1. The molecule has 0 saturated carbocycles. The number of nitrogens with zero attached hydrogens (tertiary/aromatic N) is 3. The summed E-state index contributed by atoms with van der Waals surface area (Å²) in [6, 6.07) is 1.04. The Kier molecular flexibility index (Phi) is 5.12. The van der Waals surface area contributed by atoms with Gasteiger partial charge in [0.1, 0.15) is 5.60 Å². The summed E-state index contributed by atoms with van der Waals surface area (Å²) < 4.78 is 35.5. The van der Waals surface area contributed by atoms with Gasteiger partial charge in [-0.05, 0) is 42.3 Å². The Bertz CT molecular complexity index is 971. The summed E-state index contributed by atoms with van der Waals surface area (Å²) in [7, 11) is 5.13. The van der Waals surface area contributed by atoms with Crippen molar-refractivity contribution in [3.8, 4) is 11.1 Å². The van der Waals surface area contributed by atoms with E-state index >= 15 is 0 Å². The molecule has 1 aliphatic carbocycles. The summed E-state index contributed by atoms with van der Waals surface area (Å²) >= 11 is 3.44. The normalized spacial score (nSPS) is 12.5. The van der Waals surface area contributed by atoms with E-state index in [9.17, 15) is 13.6 Å². The average Bonchev–Trinajstić information content (AvgIpc) is 2.95. The number of hydrogen-bond donors (Lipinski definition) is 0. The number of halogens is 3. The summed E-state index contributed by atoms with van der Waals surface area (Å²) in [5, 5.41) is 0. The first-order valence-corrected chi connectivity index (χ1v) is 9.54. The smallest absolute Gasteiger partial charge is 0.414 e. The van der Waals surface area contributed by atoms with Crippen LogP contribution in [0.4, 0.5) is 25.0 Å². The molecule has 0 spiro atoms. The fourth-order valence-corrected chi connectivity index (χ4v) is 3.99. The highest BCUT2D eigenvalue weighted by Gasteiger charge is 2.34. The van der Waals surface area contributed by atoms with Crippen LogP contribution in [0.2, 0.25) is 0 Å². The molecule has 1 heterocycles. The molecule has 150 valence electrons. The van der Waals surface area contributed by atoms with E-state index in [0.29, 0.717) is 33.4 Å². The van der Waals surface area contributed by atoms with Crippen molar-refractivity contribution >= 4 is 33.4 Å². The Hall–Kier alpha value is -2.22. The Morgan fingerprint density at radius 3 is 2.43 bits per heavy atom. The van der Waals surface area contributed by atoms with E-state index in [1.807, 2.05) is 19.0 Å². The average molecular weight is 454 g/mol. The predicted molar refractivity (Wildman–Crippen MR) is 109 cm³/mol. The molecule has 1 amide bonds. The van der Waals surface area contributed by atoms with E-state index in [1.165, 1.54) is 11.9 Å². The third-order valence-corrected chi connectivity index (χ3v) is 5.04. The largest absolute Gasteiger partial charge is 0.443 e. The Morgan fingerprint density at radius 2 is 1.86 bits per heavy atom. The van der Waals surface area contributed by atoms with E-state index in [1.54, 1.807) is 27.0 Å². The lowest BCUT2D eigenvalue weighted by Crippen LogP contribution is -2.34. The molecule has 1 aromatic carbocycles. The van der Waals surface area contributed by atoms with E-state index in [4.69, 9.17) is 4.74 Å². The van der Waals surface area contributed by atoms with Gasteiger partial charge in [-0.2, -0.15) is 0 Å². The van der Waals surface area contributed by atoms with Crippen LogP contribution in [0.3, 0.4) is 0 Å². The predicted octanol–water partition coefficient (Wildman–Crippen LogP) is 5.13. The van der Waals surface area contributed by atoms with Crippen molar-refractivity contribution in [3.05, 3.63) is 39.6 Å². The van der Waals surface area contributed by atoms with E-state index < -0.39 is 23.3 Å². The van der Waals surface area contributed by atoms with Gasteiger partial charge in [0.25, 0.3) is 0 Å². The summed E-state index contributed by atoms with van der Waals surface area (Å²) in [6.45, 7) is 5.24. The first-order valence-electron chi connectivity index (χ1n) is 8.75. The summed E-state index contributed by atoms with van der Waals surface area (Å²) in [6.07, 6.45) is 1.29. The zero-order chi connectivity index (χ0) is 21.0. The number of carbonyl (C=O) groups is 1. The molecule has 0 bridgehead atoms. The molecule has 28 heavy (non-hydrogen) atoms. The van der Waals surface area contributed by atoms with E-state index in [2.05, 4.69) is 20.9 Å². The molecule has 0 N–H and O–H groups in total. The molecule has 5 nitrogen and oxygen atoms in total. The molecule has 0 aliphatic heterocycles. The van der Waals surface area contributed by atoms with Crippen LogP contribution >= 0.6 is 15.9 Å². The number of aromatic nitrogens is 1. The maximum Gasteiger partial charge on any atom is 0.414 e. The number of amides is 1. The molecule has 3 rings (SSSR count). The van der Waals surface area contributed by atoms with Gasteiger partial charge in [0.2, 0.25) is 0 Å². The zero-order valence-corrected chi connectivity index (χ0v) is 18.2. The molecule has 0 radical (unpaired) electrons. The maximum absolute atomic E-state index is 14.9. The molecule has 8 heteroatoms. The molecule has 0 atom stereocenters. The molecular weight excluding hydrogens is 432 g/mol. The quantitative estimate of drug-likeness (QED) is 0.539. The number of hydrogen-bond acceptors (Lipinski definition) is 4. The lowest BCUT2D eigenvalue weighted by atomic mass is 10.0. The standard InChI is InChI=1S/C20H22BrF2N3O2/c1-20(2,3)28-19(27)26(6)14-8-12(22)17(23)15-10(14)7-13-16(15)18(25(4)5)11(21)9-24-13/h8-9H,7H2,1-6H3. The monoisotopic (exact) mass is 453 g/mol. The second-order valence-corrected chi connectivity index (χ2v) is 8.79. The van der Waals surface area contributed by atoms with Crippen molar-refractivity contribution in [1.29, 1.82) is 0 Å². The zero-order valence-electron chi connectivity index (χ0n) is 16.7. The summed E-state index contributed by atoms with van der Waals surface area (Å²) in [5.74, 6) is -1.97. The van der Waals surface area contributed by atoms with Gasteiger partial charge < -0.3 is 9.64 Å². The van der Waals surface area contributed by atoms with Crippen molar-refractivity contribution in [3.63, 3.8) is 0 Å². The van der Waals surface area contributed by atoms with E-state index in [0.717, 1.165) is 6.07 Å². The minimum Gasteiger partial charge on any atom is -0.443 e. The fourth-order valence-electron chi connectivity index (χ4n) is 3.34. The van der Waals surface area contributed by atoms with Gasteiger partial charge >= 0.3 is 6.09 Å². The van der Waals surface area contributed by atoms with Crippen LogP contribution in [0.15, 0.2) is 16.7 Å². The van der Waals surface area contributed by atoms with Crippen molar-refractivity contribution in [2.24, 2.45) is 0 Å². The highest BCUT2D eigenvalue weighted by Crippen LogP contribution is 2.49. The van der Waals surface area contributed by atoms with Crippen LogP contribution in [-0.4, -0.2) is 37.8 Å². The Labute approximate surface area is 171 Å². The van der Waals surface area contributed by atoms with Crippen molar-refractivity contribution in [1.82, 2.24) is 4.98 Å². The Morgan fingerprint density at radius 1 is 1.21 bits per heavy atom. The number of benzene rings is 1. The van der Waals surface area contributed by atoms with Crippen molar-refractivity contribution < 1.29 is 18.3 Å². The Balaban J connectivity index is 2.21. The van der Waals surface area contributed by atoms with Crippen LogP contribution in [0.5, 0.6) is 0 Å². The summed E-state index contributed by atoms with van der Waals surface area (Å²) in [5.41, 5.74) is 2.08. The van der Waals surface area contributed by atoms with Crippen LogP contribution in [0, 0.1) is 11.6 Å². The van der Waals surface area contributed by atoms with Crippen LogP contribution in [-0.2, 0) is 11.2 Å². The van der Waals surface area contributed by atoms with Crippen LogP contribution in [0.25, 0.3) is 11.1 Å².